The van der Waals surface area contributed by atoms with Gasteiger partial charge in [-0.05, 0) is 31.8 Å². The molecule has 2 unspecified atom stereocenters. The van der Waals surface area contributed by atoms with Crippen molar-refractivity contribution in [3.8, 4) is 0 Å². The second-order valence-corrected chi connectivity index (χ2v) is 4.80. The van der Waals surface area contributed by atoms with Crippen LogP contribution >= 0.6 is 0 Å². The highest BCUT2D eigenvalue weighted by Crippen LogP contribution is 2.17. The Kier molecular flexibility index (Phi) is 6.73. The molecule has 0 spiro atoms. The van der Waals surface area contributed by atoms with Gasteiger partial charge in [0.1, 0.15) is 6.61 Å². The van der Waals surface area contributed by atoms with Gasteiger partial charge < -0.3 is 14.8 Å². The highest BCUT2D eigenvalue weighted by Gasteiger charge is 2.25. The summed E-state index contributed by atoms with van der Waals surface area (Å²) in [6.07, 6.45) is 4.48. The molecular weight excluding hydrogens is 247 g/mol. The van der Waals surface area contributed by atoms with E-state index in [4.69, 9.17) is 14.9 Å². The molecule has 0 aromatic heterocycles. The van der Waals surface area contributed by atoms with Crippen molar-refractivity contribution in [3.05, 3.63) is 23.5 Å². The standard InChI is InChI=1S/C14H23FN2O2/c1-4-5-10(2)13(14(15)16)19-9-12-6-11(7-17-12)8-18-3/h4-5,11-12,16-17H,6-9H2,1-3H3/b5-4-,13-10+,16-14?. The van der Waals surface area contributed by atoms with Crippen molar-refractivity contribution in [3.63, 3.8) is 0 Å². The highest BCUT2D eigenvalue weighted by atomic mass is 19.1. The summed E-state index contributed by atoms with van der Waals surface area (Å²) in [6, 6.07) is 0.188. The predicted octanol–water partition coefficient (Wildman–Crippen LogP) is 2.42. The Balaban J connectivity index is 2.50. The van der Waals surface area contributed by atoms with E-state index in [1.807, 2.05) is 6.92 Å². The quantitative estimate of drug-likeness (QED) is 0.424. The average Bonchev–Trinajstić information content (AvgIpc) is 2.77. The Labute approximate surface area is 114 Å². The molecule has 1 saturated heterocycles. The second kappa shape index (κ2) is 8.07. The lowest BCUT2D eigenvalue weighted by molar-refractivity contribution is 0.154. The topological polar surface area (TPSA) is 54.3 Å². The molecule has 0 saturated carbocycles. The monoisotopic (exact) mass is 270 g/mol. The van der Waals surface area contributed by atoms with Crippen molar-refractivity contribution < 1.29 is 13.9 Å². The fraction of sp³-hybridized carbons (Fsp3) is 0.643. The maximum absolute atomic E-state index is 13.1. The minimum atomic E-state index is -1.03. The van der Waals surface area contributed by atoms with Gasteiger partial charge in [-0.1, -0.05) is 12.2 Å². The first-order chi connectivity index (χ1) is 9.08. The van der Waals surface area contributed by atoms with Crippen LogP contribution in [-0.2, 0) is 9.47 Å². The van der Waals surface area contributed by atoms with Crippen LogP contribution in [0.15, 0.2) is 23.5 Å². The summed E-state index contributed by atoms with van der Waals surface area (Å²) in [5.74, 6) is -0.523. The number of methoxy groups -OCH3 is 1. The molecule has 5 heteroatoms. The molecule has 1 heterocycles. The fourth-order valence-electron chi connectivity index (χ4n) is 2.25. The molecular formula is C14H23FN2O2. The molecule has 1 aliphatic rings. The molecule has 0 radical (unpaired) electrons. The molecule has 0 aromatic carbocycles. The van der Waals surface area contributed by atoms with Crippen molar-refractivity contribution in [2.45, 2.75) is 26.3 Å². The smallest absolute Gasteiger partial charge is 0.248 e. The van der Waals surface area contributed by atoms with E-state index in [0.29, 0.717) is 18.1 Å². The van der Waals surface area contributed by atoms with Gasteiger partial charge in [0, 0.05) is 19.7 Å². The third-order valence-electron chi connectivity index (χ3n) is 3.12. The van der Waals surface area contributed by atoms with Crippen molar-refractivity contribution >= 4 is 5.97 Å². The van der Waals surface area contributed by atoms with Gasteiger partial charge in [0.05, 0.1) is 6.61 Å². The summed E-state index contributed by atoms with van der Waals surface area (Å²) in [4.78, 5) is 0. The molecule has 2 N–H and O–H groups in total. The molecule has 0 amide bonds. The summed E-state index contributed by atoms with van der Waals surface area (Å²) in [7, 11) is 1.69. The van der Waals surface area contributed by atoms with Gasteiger partial charge in [-0.25, -0.2) is 0 Å². The Bertz CT molecular complexity index is 366. The number of ether oxygens (including phenoxy) is 2. The molecule has 4 nitrogen and oxygen atoms in total. The van der Waals surface area contributed by atoms with E-state index in [2.05, 4.69) is 5.32 Å². The third kappa shape index (κ3) is 5.12. The minimum absolute atomic E-state index is 0.0232. The molecule has 108 valence electrons. The summed E-state index contributed by atoms with van der Waals surface area (Å²) < 4.78 is 23.7. The highest BCUT2D eigenvalue weighted by molar-refractivity contribution is 5.89. The van der Waals surface area contributed by atoms with Crippen LogP contribution in [0.3, 0.4) is 0 Å². The number of allylic oxidation sites excluding steroid dienone is 4. The molecule has 0 aromatic rings. The molecule has 2 atom stereocenters. The summed E-state index contributed by atoms with van der Waals surface area (Å²) in [5, 5.41) is 10.4. The van der Waals surface area contributed by atoms with Gasteiger partial charge in [0.25, 0.3) is 0 Å². The predicted molar refractivity (Wildman–Crippen MR) is 74.1 cm³/mol. The van der Waals surface area contributed by atoms with E-state index in [9.17, 15) is 4.39 Å². The van der Waals surface area contributed by atoms with Gasteiger partial charge in [0.15, 0.2) is 5.76 Å². The van der Waals surface area contributed by atoms with E-state index in [1.54, 1.807) is 26.2 Å². The van der Waals surface area contributed by atoms with E-state index in [1.165, 1.54) is 0 Å². The lowest BCUT2D eigenvalue weighted by Crippen LogP contribution is -2.27. The van der Waals surface area contributed by atoms with Crippen LogP contribution in [0.2, 0.25) is 0 Å². The molecule has 1 fully saturated rings. The zero-order valence-corrected chi connectivity index (χ0v) is 11.8. The Morgan fingerprint density at radius 1 is 1.47 bits per heavy atom. The average molecular weight is 270 g/mol. The zero-order valence-electron chi connectivity index (χ0n) is 11.8. The van der Waals surface area contributed by atoms with Crippen molar-refractivity contribution in [2.24, 2.45) is 5.92 Å². The molecule has 19 heavy (non-hydrogen) atoms. The van der Waals surface area contributed by atoms with Gasteiger partial charge >= 0.3 is 0 Å². The second-order valence-electron chi connectivity index (χ2n) is 4.80. The molecule has 1 rings (SSSR count). The van der Waals surface area contributed by atoms with Gasteiger partial charge in [-0.15, -0.1) is 0 Å². The van der Waals surface area contributed by atoms with Crippen LogP contribution in [0.5, 0.6) is 0 Å². The number of hydrogen-bond acceptors (Lipinski definition) is 4. The van der Waals surface area contributed by atoms with Crippen molar-refractivity contribution in [1.29, 1.82) is 5.41 Å². The summed E-state index contributed by atoms with van der Waals surface area (Å²) in [5.41, 5.74) is 0.626. The van der Waals surface area contributed by atoms with Gasteiger partial charge in [-0.2, -0.15) is 4.39 Å². The lowest BCUT2D eigenvalue weighted by atomic mass is 10.1. The SMILES string of the molecule is C/C=C\C(C)=C(\OCC1CC(COC)CN1)C(=N)F. The number of nitrogens with one attached hydrogen (secondary N) is 2. The zero-order chi connectivity index (χ0) is 14.3. The van der Waals surface area contributed by atoms with Gasteiger partial charge in [-0.3, -0.25) is 5.41 Å². The van der Waals surface area contributed by atoms with Crippen LogP contribution in [0.1, 0.15) is 20.3 Å². The van der Waals surface area contributed by atoms with E-state index in [0.717, 1.165) is 19.6 Å². The number of halogens is 1. The van der Waals surface area contributed by atoms with Crippen LogP contribution in [0.4, 0.5) is 4.39 Å². The fourth-order valence-corrected chi connectivity index (χ4v) is 2.25. The summed E-state index contributed by atoms with van der Waals surface area (Å²) >= 11 is 0. The molecule has 0 bridgehead atoms. The Morgan fingerprint density at radius 3 is 2.79 bits per heavy atom. The van der Waals surface area contributed by atoms with Crippen LogP contribution in [0.25, 0.3) is 0 Å². The third-order valence-corrected chi connectivity index (χ3v) is 3.12. The normalized spacial score (nSPS) is 24.6. The minimum Gasteiger partial charge on any atom is -0.487 e. The maximum Gasteiger partial charge on any atom is 0.248 e. The lowest BCUT2D eigenvalue weighted by Gasteiger charge is -2.14. The van der Waals surface area contributed by atoms with Crippen LogP contribution in [-0.4, -0.2) is 38.9 Å². The largest absolute Gasteiger partial charge is 0.487 e. The first-order valence-corrected chi connectivity index (χ1v) is 6.51. The molecule has 1 aliphatic heterocycles. The number of hydrogen-bond donors (Lipinski definition) is 2. The van der Waals surface area contributed by atoms with E-state index in [-0.39, 0.29) is 11.8 Å². The van der Waals surface area contributed by atoms with E-state index < -0.39 is 5.97 Å². The van der Waals surface area contributed by atoms with Crippen LogP contribution in [0, 0.1) is 11.3 Å². The maximum atomic E-state index is 13.1. The molecule has 0 aliphatic carbocycles. The van der Waals surface area contributed by atoms with Crippen molar-refractivity contribution in [2.75, 3.05) is 26.9 Å². The Hall–Kier alpha value is -1.20. The van der Waals surface area contributed by atoms with Crippen LogP contribution < -0.4 is 5.32 Å². The van der Waals surface area contributed by atoms with Gasteiger partial charge in [0.2, 0.25) is 5.97 Å². The van der Waals surface area contributed by atoms with Crippen molar-refractivity contribution in [1.82, 2.24) is 5.32 Å². The Morgan fingerprint density at radius 2 is 2.21 bits per heavy atom. The first-order valence-electron chi connectivity index (χ1n) is 6.51. The first kappa shape index (κ1) is 15.9. The number of rotatable bonds is 7. The summed E-state index contributed by atoms with van der Waals surface area (Å²) in [6.45, 7) is 5.57. The van der Waals surface area contributed by atoms with E-state index >= 15 is 0 Å².